The predicted molar refractivity (Wildman–Crippen MR) is 82.8 cm³/mol. The zero-order chi connectivity index (χ0) is 15.1. The summed E-state index contributed by atoms with van der Waals surface area (Å²) in [5.74, 6) is 0.0548. The lowest BCUT2D eigenvalue weighted by Crippen LogP contribution is -2.45. The second kappa shape index (κ2) is 7.81. The molecule has 1 heterocycles. The van der Waals surface area contributed by atoms with E-state index in [2.05, 4.69) is 17.4 Å². The van der Waals surface area contributed by atoms with Crippen molar-refractivity contribution >= 4 is 11.8 Å². The number of hydrogen-bond acceptors (Lipinski definition) is 2. The third kappa shape index (κ3) is 5.21. The molecule has 1 atom stereocenters. The van der Waals surface area contributed by atoms with Gasteiger partial charge in [0, 0.05) is 19.0 Å². The maximum Gasteiger partial charge on any atom is 0.239 e. The first-order chi connectivity index (χ1) is 10.1. The Bertz CT molecular complexity index is 473. The quantitative estimate of drug-likeness (QED) is 0.872. The van der Waals surface area contributed by atoms with Crippen LogP contribution in [0.15, 0.2) is 30.3 Å². The van der Waals surface area contributed by atoms with Crippen molar-refractivity contribution in [2.75, 3.05) is 13.1 Å². The summed E-state index contributed by atoms with van der Waals surface area (Å²) >= 11 is 0. The number of nitrogens with one attached hydrogen (secondary N) is 1. The SMILES string of the molecule is CC(CCc1ccccc1)NC(=O)CN1CCCCC1=O. The van der Waals surface area contributed by atoms with Crippen LogP contribution in [0.25, 0.3) is 0 Å². The van der Waals surface area contributed by atoms with Gasteiger partial charge in [0.05, 0.1) is 6.54 Å². The molecular weight excluding hydrogens is 264 g/mol. The minimum absolute atomic E-state index is 0.0502. The summed E-state index contributed by atoms with van der Waals surface area (Å²) in [6.07, 6.45) is 4.39. The van der Waals surface area contributed by atoms with Crippen molar-refractivity contribution in [3.63, 3.8) is 0 Å². The molecule has 0 spiro atoms. The van der Waals surface area contributed by atoms with Crippen molar-refractivity contribution in [1.29, 1.82) is 0 Å². The molecule has 1 aliphatic rings. The number of carbonyl (C=O) groups excluding carboxylic acids is 2. The van der Waals surface area contributed by atoms with Crippen LogP contribution < -0.4 is 5.32 Å². The fraction of sp³-hybridized carbons (Fsp3) is 0.529. The number of benzene rings is 1. The second-order valence-corrected chi connectivity index (χ2v) is 5.77. The van der Waals surface area contributed by atoms with Crippen LogP contribution in [0.4, 0.5) is 0 Å². The molecule has 0 saturated carbocycles. The van der Waals surface area contributed by atoms with Crippen molar-refractivity contribution in [3.8, 4) is 0 Å². The fourth-order valence-corrected chi connectivity index (χ4v) is 2.62. The van der Waals surface area contributed by atoms with E-state index in [1.165, 1.54) is 5.56 Å². The molecule has 0 radical (unpaired) electrons. The van der Waals surface area contributed by atoms with Crippen molar-refractivity contribution in [3.05, 3.63) is 35.9 Å². The third-order valence-corrected chi connectivity index (χ3v) is 3.87. The molecule has 4 heteroatoms. The molecule has 1 fully saturated rings. The third-order valence-electron chi connectivity index (χ3n) is 3.87. The predicted octanol–water partition coefficient (Wildman–Crippen LogP) is 2.14. The largest absolute Gasteiger partial charge is 0.352 e. The van der Waals surface area contributed by atoms with Gasteiger partial charge in [-0.25, -0.2) is 0 Å². The Labute approximate surface area is 126 Å². The van der Waals surface area contributed by atoms with Gasteiger partial charge >= 0.3 is 0 Å². The summed E-state index contributed by atoms with van der Waals surface area (Å²) in [5, 5.41) is 2.99. The molecule has 2 rings (SSSR count). The molecule has 114 valence electrons. The summed E-state index contributed by atoms with van der Waals surface area (Å²) in [4.78, 5) is 25.3. The van der Waals surface area contributed by atoms with Gasteiger partial charge in [0.2, 0.25) is 11.8 Å². The van der Waals surface area contributed by atoms with Crippen molar-refractivity contribution < 1.29 is 9.59 Å². The summed E-state index contributed by atoms with van der Waals surface area (Å²) < 4.78 is 0. The van der Waals surface area contributed by atoms with Crippen LogP contribution in [0.1, 0.15) is 38.2 Å². The number of piperidine rings is 1. The Hall–Kier alpha value is -1.84. The minimum atomic E-state index is -0.0502. The van der Waals surface area contributed by atoms with Gasteiger partial charge in [-0.2, -0.15) is 0 Å². The normalized spacial score (nSPS) is 16.6. The van der Waals surface area contributed by atoms with Crippen LogP contribution >= 0.6 is 0 Å². The highest BCUT2D eigenvalue weighted by molar-refractivity contribution is 5.85. The number of carbonyl (C=O) groups is 2. The van der Waals surface area contributed by atoms with Gasteiger partial charge in [-0.15, -0.1) is 0 Å². The monoisotopic (exact) mass is 288 g/mol. The maximum absolute atomic E-state index is 12.0. The van der Waals surface area contributed by atoms with E-state index in [1.54, 1.807) is 4.90 Å². The fourth-order valence-electron chi connectivity index (χ4n) is 2.62. The highest BCUT2D eigenvalue weighted by Gasteiger charge is 2.20. The molecule has 1 aliphatic heterocycles. The van der Waals surface area contributed by atoms with Crippen molar-refractivity contribution in [2.24, 2.45) is 0 Å². The summed E-state index contributed by atoms with van der Waals surface area (Å²) in [7, 11) is 0. The lowest BCUT2D eigenvalue weighted by Gasteiger charge is -2.26. The summed E-state index contributed by atoms with van der Waals surface area (Å²) in [6.45, 7) is 2.93. The molecule has 0 aliphatic carbocycles. The Morgan fingerprint density at radius 3 is 2.76 bits per heavy atom. The molecule has 4 nitrogen and oxygen atoms in total. The minimum Gasteiger partial charge on any atom is -0.352 e. The maximum atomic E-state index is 12.0. The van der Waals surface area contributed by atoms with Crippen LogP contribution in [0.5, 0.6) is 0 Å². The lowest BCUT2D eigenvalue weighted by molar-refractivity contribution is -0.138. The van der Waals surface area contributed by atoms with E-state index >= 15 is 0 Å². The Balaban J connectivity index is 1.70. The lowest BCUT2D eigenvalue weighted by atomic mass is 10.1. The van der Waals surface area contributed by atoms with Gasteiger partial charge in [0.1, 0.15) is 0 Å². The van der Waals surface area contributed by atoms with Gasteiger partial charge in [-0.05, 0) is 38.2 Å². The zero-order valence-corrected chi connectivity index (χ0v) is 12.7. The Kier molecular flexibility index (Phi) is 5.78. The van der Waals surface area contributed by atoms with Gasteiger partial charge < -0.3 is 10.2 Å². The Morgan fingerprint density at radius 1 is 1.29 bits per heavy atom. The number of amides is 2. The first kappa shape index (κ1) is 15.5. The first-order valence-corrected chi connectivity index (χ1v) is 7.76. The highest BCUT2D eigenvalue weighted by atomic mass is 16.2. The van der Waals surface area contributed by atoms with Crippen LogP contribution in [0.3, 0.4) is 0 Å². The van der Waals surface area contributed by atoms with E-state index in [9.17, 15) is 9.59 Å². The first-order valence-electron chi connectivity index (χ1n) is 7.76. The molecule has 0 aromatic heterocycles. The molecule has 1 aromatic carbocycles. The van der Waals surface area contributed by atoms with E-state index < -0.39 is 0 Å². The van der Waals surface area contributed by atoms with Crippen LogP contribution in [0.2, 0.25) is 0 Å². The molecule has 1 N–H and O–H groups in total. The number of aryl methyl sites for hydroxylation is 1. The molecule has 0 bridgehead atoms. The standard InChI is InChI=1S/C17H24N2O2/c1-14(10-11-15-7-3-2-4-8-15)18-16(20)13-19-12-6-5-9-17(19)21/h2-4,7-8,14H,5-6,9-13H2,1H3,(H,18,20). The summed E-state index contributed by atoms with van der Waals surface area (Å²) in [6, 6.07) is 10.4. The van der Waals surface area contributed by atoms with Gasteiger partial charge in [0.25, 0.3) is 0 Å². The number of likely N-dealkylation sites (tertiary alicyclic amines) is 1. The average Bonchev–Trinajstić information content (AvgIpc) is 2.48. The molecular formula is C17H24N2O2. The van der Waals surface area contributed by atoms with Crippen LogP contribution in [-0.4, -0.2) is 35.8 Å². The van der Waals surface area contributed by atoms with Crippen molar-refractivity contribution in [1.82, 2.24) is 10.2 Å². The molecule has 2 amide bonds. The van der Waals surface area contributed by atoms with E-state index in [0.29, 0.717) is 13.0 Å². The number of rotatable bonds is 6. The number of hydrogen-bond donors (Lipinski definition) is 1. The number of nitrogens with zero attached hydrogens (tertiary/aromatic N) is 1. The highest BCUT2D eigenvalue weighted by Crippen LogP contribution is 2.10. The van der Waals surface area contributed by atoms with E-state index in [0.717, 1.165) is 25.7 Å². The topological polar surface area (TPSA) is 49.4 Å². The van der Waals surface area contributed by atoms with E-state index in [4.69, 9.17) is 0 Å². The molecule has 1 aromatic rings. The van der Waals surface area contributed by atoms with Crippen LogP contribution in [0, 0.1) is 0 Å². The molecule has 1 saturated heterocycles. The van der Waals surface area contributed by atoms with Crippen molar-refractivity contribution in [2.45, 2.75) is 45.1 Å². The van der Waals surface area contributed by atoms with E-state index in [-0.39, 0.29) is 24.4 Å². The average molecular weight is 288 g/mol. The molecule has 1 unspecified atom stereocenters. The van der Waals surface area contributed by atoms with Gasteiger partial charge in [-0.1, -0.05) is 30.3 Å². The zero-order valence-electron chi connectivity index (χ0n) is 12.7. The smallest absolute Gasteiger partial charge is 0.239 e. The van der Waals surface area contributed by atoms with Crippen LogP contribution in [-0.2, 0) is 16.0 Å². The van der Waals surface area contributed by atoms with Gasteiger partial charge in [-0.3, -0.25) is 9.59 Å². The Morgan fingerprint density at radius 2 is 2.05 bits per heavy atom. The second-order valence-electron chi connectivity index (χ2n) is 5.77. The summed E-state index contributed by atoms with van der Waals surface area (Å²) in [5.41, 5.74) is 1.28. The van der Waals surface area contributed by atoms with E-state index in [1.807, 2.05) is 25.1 Å². The van der Waals surface area contributed by atoms with Gasteiger partial charge in [0.15, 0.2) is 0 Å². The molecule has 21 heavy (non-hydrogen) atoms.